The molecule has 0 bridgehead atoms. The minimum Gasteiger partial charge on any atom is -0.488 e. The summed E-state index contributed by atoms with van der Waals surface area (Å²) in [7, 11) is 0.362. The van der Waals surface area contributed by atoms with E-state index in [1.54, 1.807) is 6.92 Å². The summed E-state index contributed by atoms with van der Waals surface area (Å²) >= 11 is 0. The maximum Gasteiger partial charge on any atom is 0.160 e. The Balaban J connectivity index is 1.63. The van der Waals surface area contributed by atoms with Crippen molar-refractivity contribution in [3.63, 3.8) is 0 Å². The molecule has 162 valence electrons. The van der Waals surface area contributed by atoms with Crippen LogP contribution in [0.1, 0.15) is 40.4 Å². The van der Waals surface area contributed by atoms with E-state index in [0.29, 0.717) is 21.1 Å². The molecule has 1 aliphatic carbocycles. The fourth-order valence-electron chi connectivity index (χ4n) is 3.95. The number of Topliss-reactive ketones (excluding diaryl/α,β-unsaturated/α-hetero) is 1. The zero-order valence-corrected chi connectivity index (χ0v) is 19.7. The van der Waals surface area contributed by atoms with Crippen LogP contribution in [0, 0.1) is 12.8 Å². The molecule has 0 amide bonds. The molecule has 0 heterocycles. The Hall–Kier alpha value is -2.96. The topological polar surface area (TPSA) is 26.3 Å². The second-order valence-electron chi connectivity index (χ2n) is 8.35. The second-order valence-corrected chi connectivity index (χ2v) is 9.68. The van der Waals surface area contributed by atoms with E-state index in [2.05, 4.69) is 66.8 Å². The summed E-state index contributed by atoms with van der Waals surface area (Å²) in [6.07, 6.45) is 10.9. The normalized spacial score (nSPS) is 15.4. The maximum atomic E-state index is 12.3. The molecular weight excluding hydrogens is 411 g/mol. The van der Waals surface area contributed by atoms with Crippen molar-refractivity contribution < 1.29 is 9.53 Å². The minimum atomic E-state index is 0.109. The highest BCUT2D eigenvalue weighted by Crippen LogP contribution is 2.26. The van der Waals surface area contributed by atoms with Gasteiger partial charge < -0.3 is 4.74 Å². The fraction of sp³-hybridized carbons (Fsp3) is 0.207. The summed E-state index contributed by atoms with van der Waals surface area (Å²) in [6, 6.07) is 23.0. The molecule has 0 saturated carbocycles. The summed E-state index contributed by atoms with van der Waals surface area (Å²) < 4.78 is 6.26. The van der Waals surface area contributed by atoms with Crippen molar-refractivity contribution in [2.45, 2.75) is 33.3 Å². The van der Waals surface area contributed by atoms with Crippen LogP contribution in [0.25, 0.3) is 0 Å². The van der Waals surface area contributed by atoms with E-state index in [9.17, 15) is 4.79 Å². The Morgan fingerprint density at radius 1 is 0.969 bits per heavy atom. The molecule has 0 radical (unpaired) electrons. The van der Waals surface area contributed by atoms with Gasteiger partial charge in [-0.25, -0.2) is 0 Å². The summed E-state index contributed by atoms with van der Waals surface area (Å²) in [4.78, 5) is 12.3. The highest BCUT2D eigenvalue weighted by atomic mass is 31.1. The van der Waals surface area contributed by atoms with E-state index in [0.717, 1.165) is 45.9 Å². The number of benzene rings is 3. The molecule has 3 heteroatoms. The molecular formula is C29H29O2P. The number of rotatable bonds is 8. The molecule has 0 saturated heterocycles. The predicted molar refractivity (Wildman–Crippen MR) is 136 cm³/mol. The molecule has 2 nitrogen and oxygen atoms in total. The molecule has 3 aromatic carbocycles. The maximum absolute atomic E-state index is 12.3. The highest BCUT2D eigenvalue weighted by Gasteiger charge is 2.14. The summed E-state index contributed by atoms with van der Waals surface area (Å²) in [5.74, 6) is 1.53. The number of ether oxygens (including phenoxy) is 1. The predicted octanol–water partition coefficient (Wildman–Crippen LogP) is 6.08. The van der Waals surface area contributed by atoms with Crippen molar-refractivity contribution in [1.82, 2.24) is 0 Å². The summed E-state index contributed by atoms with van der Waals surface area (Å²) in [6.45, 7) is 4.21. The Morgan fingerprint density at radius 2 is 1.81 bits per heavy atom. The van der Waals surface area contributed by atoms with Gasteiger partial charge in [0.25, 0.3) is 0 Å². The third kappa shape index (κ3) is 5.84. The third-order valence-corrected chi connectivity index (χ3v) is 7.04. The van der Waals surface area contributed by atoms with Crippen LogP contribution in [0.2, 0.25) is 0 Å². The zero-order valence-electron chi connectivity index (χ0n) is 18.7. The molecule has 2 atom stereocenters. The van der Waals surface area contributed by atoms with Crippen molar-refractivity contribution in [2.24, 2.45) is 5.92 Å². The number of allylic oxidation sites excluding steroid dienone is 4. The summed E-state index contributed by atoms with van der Waals surface area (Å²) in [5, 5.41) is 2.23. The van der Waals surface area contributed by atoms with Gasteiger partial charge in [-0.15, -0.1) is 0 Å². The van der Waals surface area contributed by atoms with Crippen molar-refractivity contribution in [1.29, 1.82) is 0 Å². The Kier molecular flexibility index (Phi) is 7.35. The van der Waals surface area contributed by atoms with Crippen molar-refractivity contribution >= 4 is 25.0 Å². The first-order valence-electron chi connectivity index (χ1n) is 11.1. The molecule has 3 aromatic rings. The number of carbonyl (C=O) groups is 1. The van der Waals surface area contributed by atoms with Gasteiger partial charge in [0.15, 0.2) is 5.78 Å². The standard InChI is InChI=1S/C29H29O2P/c1-21-13-16-28(26(17-21)22(2)30)32-29-19-25(18-23-9-5-3-6-10-23)14-15-27(29)31-20-24-11-7-4-8-12-24/h3-9,11-17,19,23,32H,10,18,20H2,1-2H3. The second kappa shape index (κ2) is 10.6. The van der Waals surface area contributed by atoms with Gasteiger partial charge in [0.05, 0.1) is 0 Å². The van der Waals surface area contributed by atoms with Crippen LogP contribution < -0.4 is 15.3 Å². The van der Waals surface area contributed by atoms with Crippen LogP contribution in [-0.2, 0) is 13.0 Å². The van der Waals surface area contributed by atoms with Gasteiger partial charge in [0.2, 0.25) is 0 Å². The molecule has 2 unspecified atom stereocenters. The quantitative estimate of drug-likeness (QED) is 0.313. The van der Waals surface area contributed by atoms with E-state index in [1.165, 1.54) is 5.56 Å². The lowest BCUT2D eigenvalue weighted by molar-refractivity contribution is 0.101. The molecule has 0 aliphatic heterocycles. The van der Waals surface area contributed by atoms with E-state index in [-0.39, 0.29) is 5.78 Å². The number of aryl methyl sites for hydroxylation is 1. The number of hydrogen-bond donors (Lipinski definition) is 0. The molecule has 4 rings (SSSR count). The lowest BCUT2D eigenvalue weighted by Gasteiger charge is -2.17. The number of hydrogen-bond acceptors (Lipinski definition) is 2. The number of ketones is 1. The van der Waals surface area contributed by atoms with E-state index < -0.39 is 0 Å². The van der Waals surface area contributed by atoms with Gasteiger partial charge in [0.1, 0.15) is 12.4 Å². The van der Waals surface area contributed by atoms with Crippen molar-refractivity contribution in [3.8, 4) is 5.75 Å². The van der Waals surface area contributed by atoms with Gasteiger partial charge >= 0.3 is 0 Å². The molecule has 32 heavy (non-hydrogen) atoms. The smallest absolute Gasteiger partial charge is 0.160 e. The largest absolute Gasteiger partial charge is 0.488 e. The Labute approximate surface area is 192 Å². The lowest BCUT2D eigenvalue weighted by Crippen LogP contribution is -2.15. The average molecular weight is 441 g/mol. The SMILES string of the molecule is CC(=O)c1cc(C)ccc1Pc1cc(CC2C=CC=CC2)ccc1OCc1ccccc1. The third-order valence-electron chi connectivity index (χ3n) is 5.67. The lowest BCUT2D eigenvalue weighted by atomic mass is 9.93. The van der Waals surface area contributed by atoms with Gasteiger partial charge in [-0.05, 0) is 67.2 Å². The van der Waals surface area contributed by atoms with E-state index in [4.69, 9.17) is 4.74 Å². The van der Waals surface area contributed by atoms with E-state index >= 15 is 0 Å². The van der Waals surface area contributed by atoms with Crippen LogP contribution in [0.4, 0.5) is 0 Å². The highest BCUT2D eigenvalue weighted by molar-refractivity contribution is 7.56. The van der Waals surface area contributed by atoms with E-state index in [1.807, 2.05) is 31.2 Å². The fourth-order valence-corrected chi connectivity index (χ4v) is 5.33. The van der Waals surface area contributed by atoms with Gasteiger partial charge in [-0.2, -0.15) is 0 Å². The Morgan fingerprint density at radius 3 is 2.56 bits per heavy atom. The monoisotopic (exact) mass is 440 g/mol. The molecule has 0 aromatic heterocycles. The van der Waals surface area contributed by atoms with Crippen LogP contribution in [0.3, 0.4) is 0 Å². The molecule has 0 spiro atoms. The van der Waals surface area contributed by atoms with Crippen LogP contribution in [0.5, 0.6) is 5.75 Å². The van der Waals surface area contributed by atoms with Crippen LogP contribution in [-0.4, -0.2) is 5.78 Å². The minimum absolute atomic E-state index is 0.109. The van der Waals surface area contributed by atoms with Crippen LogP contribution in [0.15, 0.2) is 91.0 Å². The first-order chi connectivity index (χ1) is 15.6. The summed E-state index contributed by atoms with van der Waals surface area (Å²) in [5.41, 5.74) is 4.36. The first-order valence-corrected chi connectivity index (χ1v) is 12.1. The zero-order chi connectivity index (χ0) is 22.3. The molecule has 0 N–H and O–H groups in total. The van der Waals surface area contributed by atoms with Gasteiger partial charge in [0, 0.05) is 10.9 Å². The Bertz CT molecular complexity index is 1150. The van der Waals surface area contributed by atoms with Crippen LogP contribution >= 0.6 is 8.58 Å². The first kappa shape index (κ1) is 22.2. The average Bonchev–Trinajstić information content (AvgIpc) is 2.81. The van der Waals surface area contributed by atoms with Crippen molar-refractivity contribution in [2.75, 3.05) is 0 Å². The van der Waals surface area contributed by atoms with Gasteiger partial charge in [-0.3, -0.25) is 4.79 Å². The van der Waals surface area contributed by atoms with Gasteiger partial charge in [-0.1, -0.05) is 87.0 Å². The molecule has 0 fully saturated rings. The van der Waals surface area contributed by atoms with Crippen molar-refractivity contribution in [3.05, 3.63) is 113 Å². The number of carbonyl (C=O) groups excluding carboxylic acids is 1. The molecule has 1 aliphatic rings.